The molecule has 0 aromatic heterocycles. The molecule has 5 rings (SSSR count). The molecule has 236 valence electrons. The normalized spacial score (nSPS) is 13.9. The minimum atomic E-state index is -1.36. The van der Waals surface area contributed by atoms with E-state index in [2.05, 4.69) is 12.1 Å². The number of carboxylic acid groups (broad SMARTS) is 4. The molecule has 0 radical (unpaired) electrons. The summed E-state index contributed by atoms with van der Waals surface area (Å²) >= 11 is 0. The van der Waals surface area contributed by atoms with E-state index >= 15 is 0 Å². The molecule has 10 nitrogen and oxygen atoms in total. The van der Waals surface area contributed by atoms with Gasteiger partial charge in [-0.25, -0.2) is 19.2 Å². The molecule has 0 atom stereocenters. The second kappa shape index (κ2) is 12.8. The van der Waals surface area contributed by atoms with Gasteiger partial charge in [0.1, 0.15) is 23.0 Å². The van der Waals surface area contributed by atoms with Gasteiger partial charge in [0.05, 0.1) is 22.3 Å². The van der Waals surface area contributed by atoms with Crippen LogP contribution in [0.15, 0.2) is 72.8 Å². The molecule has 1 saturated carbocycles. The van der Waals surface area contributed by atoms with Crippen molar-refractivity contribution < 1.29 is 49.1 Å². The highest BCUT2D eigenvalue weighted by Crippen LogP contribution is 2.47. The van der Waals surface area contributed by atoms with Gasteiger partial charge < -0.3 is 29.9 Å². The average molecular weight is 625 g/mol. The molecular weight excluding hydrogens is 592 g/mol. The first-order valence-corrected chi connectivity index (χ1v) is 14.7. The summed E-state index contributed by atoms with van der Waals surface area (Å²) in [7, 11) is 0. The lowest BCUT2D eigenvalue weighted by Gasteiger charge is -2.39. The first-order valence-electron chi connectivity index (χ1n) is 14.7. The van der Waals surface area contributed by atoms with Gasteiger partial charge >= 0.3 is 23.9 Å². The zero-order chi connectivity index (χ0) is 33.2. The van der Waals surface area contributed by atoms with Crippen molar-refractivity contribution in [1.29, 1.82) is 0 Å². The molecule has 4 aromatic rings. The van der Waals surface area contributed by atoms with E-state index in [-0.39, 0.29) is 39.2 Å². The van der Waals surface area contributed by atoms with Gasteiger partial charge in [-0.15, -0.1) is 0 Å². The second-order valence-corrected chi connectivity index (χ2v) is 11.4. The Labute approximate surface area is 264 Å². The van der Waals surface area contributed by atoms with Gasteiger partial charge in [0.25, 0.3) is 0 Å². The molecule has 1 aliphatic carbocycles. The minimum absolute atomic E-state index is 0.213. The largest absolute Gasteiger partial charge is 0.478 e. The molecular formula is C36H32O10. The number of rotatable bonds is 10. The molecule has 1 aliphatic rings. The van der Waals surface area contributed by atoms with Crippen LogP contribution in [0, 0.1) is 13.8 Å². The van der Waals surface area contributed by atoms with Gasteiger partial charge in [0.2, 0.25) is 0 Å². The van der Waals surface area contributed by atoms with Crippen LogP contribution in [0.25, 0.3) is 0 Å². The van der Waals surface area contributed by atoms with E-state index in [1.807, 2.05) is 38.1 Å². The molecule has 46 heavy (non-hydrogen) atoms. The average Bonchev–Trinajstić information content (AvgIpc) is 3.03. The maximum atomic E-state index is 11.6. The van der Waals surface area contributed by atoms with Gasteiger partial charge in [-0.1, -0.05) is 43.5 Å². The van der Waals surface area contributed by atoms with Crippen molar-refractivity contribution in [2.45, 2.75) is 51.4 Å². The molecule has 0 unspecified atom stereocenters. The standard InChI is InChI=1S/C36H32O10/c1-20-16-22(6-12-30(20)45-24-8-10-26(32(37)38)28(18-24)34(41)42)36(14-4-3-5-15-36)23-7-13-31(21(2)17-23)46-25-9-11-27(33(39)40)29(19-25)35(43)44/h6-13,16-19H,3-5,14-15H2,1-2H3,(H,37,38)(H,39,40)(H,41,42)(H,43,44). The molecule has 0 amide bonds. The molecule has 1 fully saturated rings. The Morgan fingerprint density at radius 2 is 0.913 bits per heavy atom. The van der Waals surface area contributed by atoms with Crippen LogP contribution in [0.2, 0.25) is 0 Å². The Morgan fingerprint density at radius 3 is 1.26 bits per heavy atom. The number of carbonyl (C=O) groups is 4. The zero-order valence-electron chi connectivity index (χ0n) is 25.2. The van der Waals surface area contributed by atoms with E-state index in [0.29, 0.717) is 11.5 Å². The minimum Gasteiger partial charge on any atom is -0.478 e. The van der Waals surface area contributed by atoms with Crippen molar-refractivity contribution in [3.05, 3.63) is 117 Å². The lowest BCUT2D eigenvalue weighted by molar-refractivity contribution is 0.0651. The fraction of sp³-hybridized carbons (Fsp3) is 0.222. The Balaban J connectivity index is 1.44. The molecule has 0 heterocycles. The molecule has 0 bridgehead atoms. The van der Waals surface area contributed by atoms with E-state index < -0.39 is 23.9 Å². The molecule has 0 aliphatic heterocycles. The van der Waals surface area contributed by atoms with Crippen molar-refractivity contribution in [2.24, 2.45) is 0 Å². The summed E-state index contributed by atoms with van der Waals surface area (Å²) in [6, 6.07) is 19.6. The third-order valence-electron chi connectivity index (χ3n) is 8.52. The molecule has 10 heteroatoms. The van der Waals surface area contributed by atoms with Crippen LogP contribution < -0.4 is 9.47 Å². The van der Waals surface area contributed by atoms with Gasteiger partial charge in [-0.05, 0) is 97.5 Å². The molecule has 4 N–H and O–H groups in total. The summed E-state index contributed by atoms with van der Waals surface area (Å²) in [6.45, 7) is 3.81. The van der Waals surface area contributed by atoms with Crippen molar-refractivity contribution in [1.82, 2.24) is 0 Å². The lowest BCUT2D eigenvalue weighted by atomic mass is 9.65. The highest BCUT2D eigenvalue weighted by atomic mass is 16.5. The van der Waals surface area contributed by atoms with E-state index in [1.165, 1.54) is 36.4 Å². The second-order valence-electron chi connectivity index (χ2n) is 11.4. The fourth-order valence-electron chi connectivity index (χ4n) is 6.18. The summed E-state index contributed by atoms with van der Waals surface area (Å²) in [5.74, 6) is -3.93. The maximum Gasteiger partial charge on any atom is 0.336 e. The first-order chi connectivity index (χ1) is 21.9. The first kappa shape index (κ1) is 31.8. The third kappa shape index (κ3) is 6.28. The number of hydrogen-bond acceptors (Lipinski definition) is 6. The number of aromatic carboxylic acids is 4. The van der Waals surface area contributed by atoms with Crippen LogP contribution in [-0.4, -0.2) is 44.3 Å². The van der Waals surface area contributed by atoms with Crippen LogP contribution >= 0.6 is 0 Å². The van der Waals surface area contributed by atoms with Crippen molar-refractivity contribution >= 4 is 23.9 Å². The van der Waals surface area contributed by atoms with Crippen molar-refractivity contribution in [3.8, 4) is 23.0 Å². The van der Waals surface area contributed by atoms with Crippen molar-refractivity contribution in [3.63, 3.8) is 0 Å². The number of benzene rings is 4. The highest BCUT2D eigenvalue weighted by molar-refractivity contribution is 6.02. The monoisotopic (exact) mass is 624 g/mol. The van der Waals surface area contributed by atoms with E-state index in [9.17, 15) is 39.6 Å². The number of hydrogen-bond donors (Lipinski definition) is 4. The lowest BCUT2D eigenvalue weighted by Crippen LogP contribution is -2.30. The zero-order valence-corrected chi connectivity index (χ0v) is 25.2. The summed E-state index contributed by atoms with van der Waals surface area (Å²) in [5, 5.41) is 37.6. The third-order valence-corrected chi connectivity index (χ3v) is 8.52. The number of aryl methyl sites for hydroxylation is 2. The van der Waals surface area contributed by atoms with Crippen LogP contribution in [0.5, 0.6) is 23.0 Å². The Hall–Kier alpha value is -5.64. The fourth-order valence-corrected chi connectivity index (χ4v) is 6.18. The van der Waals surface area contributed by atoms with Gasteiger partial charge in [-0.2, -0.15) is 0 Å². The van der Waals surface area contributed by atoms with Crippen LogP contribution in [0.1, 0.15) is 95.8 Å². The number of ether oxygens (including phenoxy) is 2. The Bertz CT molecular complexity index is 1740. The van der Waals surface area contributed by atoms with Gasteiger partial charge in [-0.3, -0.25) is 0 Å². The van der Waals surface area contributed by atoms with E-state index in [0.717, 1.165) is 54.4 Å². The highest BCUT2D eigenvalue weighted by Gasteiger charge is 2.36. The molecule has 4 aromatic carbocycles. The molecule has 0 saturated heterocycles. The summed E-state index contributed by atoms with van der Waals surface area (Å²) < 4.78 is 12.0. The summed E-state index contributed by atoms with van der Waals surface area (Å²) in [5.41, 5.74) is 2.23. The van der Waals surface area contributed by atoms with Crippen LogP contribution in [0.3, 0.4) is 0 Å². The maximum absolute atomic E-state index is 11.6. The predicted octanol–water partition coefficient (Wildman–Crippen LogP) is 7.93. The summed E-state index contributed by atoms with van der Waals surface area (Å²) in [6.07, 6.45) is 5.04. The number of carboxylic acids is 4. The topological polar surface area (TPSA) is 168 Å². The van der Waals surface area contributed by atoms with E-state index in [4.69, 9.17) is 9.47 Å². The van der Waals surface area contributed by atoms with Gasteiger partial charge in [0, 0.05) is 5.41 Å². The molecule has 0 spiro atoms. The van der Waals surface area contributed by atoms with Crippen molar-refractivity contribution in [2.75, 3.05) is 0 Å². The van der Waals surface area contributed by atoms with Crippen LogP contribution in [0.4, 0.5) is 0 Å². The Morgan fingerprint density at radius 1 is 0.522 bits per heavy atom. The van der Waals surface area contributed by atoms with E-state index in [1.54, 1.807) is 0 Å². The Kier molecular flexibility index (Phi) is 8.82. The van der Waals surface area contributed by atoms with Gasteiger partial charge in [0.15, 0.2) is 0 Å². The summed E-state index contributed by atoms with van der Waals surface area (Å²) in [4.78, 5) is 46.1. The van der Waals surface area contributed by atoms with Crippen LogP contribution in [-0.2, 0) is 5.41 Å². The smallest absolute Gasteiger partial charge is 0.336 e. The quantitative estimate of drug-likeness (QED) is 0.136. The SMILES string of the molecule is Cc1cc(C2(c3ccc(Oc4ccc(C(=O)O)c(C(=O)O)c4)c(C)c3)CCCCC2)ccc1Oc1ccc(C(=O)O)c(C(=O)O)c1. The predicted molar refractivity (Wildman–Crippen MR) is 167 cm³/mol.